The average Bonchev–Trinajstić information content (AvgIpc) is 2.93. The van der Waals surface area contributed by atoms with Gasteiger partial charge < -0.3 is 4.90 Å². The molecule has 0 spiro atoms. The van der Waals surface area contributed by atoms with Crippen LogP contribution in [-0.4, -0.2) is 9.97 Å². The first-order valence-corrected chi connectivity index (χ1v) is 12.9. The van der Waals surface area contributed by atoms with Crippen LogP contribution in [0.25, 0.3) is 22.5 Å². The molecular formula is C34H29N3. The molecule has 0 atom stereocenters. The summed E-state index contributed by atoms with van der Waals surface area (Å²) in [6.07, 6.45) is 3.73. The van der Waals surface area contributed by atoms with Gasteiger partial charge in [0.25, 0.3) is 0 Å². The quantitative estimate of drug-likeness (QED) is 0.254. The summed E-state index contributed by atoms with van der Waals surface area (Å²) in [4.78, 5) is 11.8. The molecule has 0 amide bonds. The fourth-order valence-corrected chi connectivity index (χ4v) is 6.30. The second-order valence-corrected chi connectivity index (χ2v) is 11.2. The van der Waals surface area contributed by atoms with Gasteiger partial charge in [0.1, 0.15) is 0 Å². The van der Waals surface area contributed by atoms with Crippen molar-refractivity contribution in [3.8, 4) is 22.5 Å². The molecule has 0 N–H and O–H groups in total. The van der Waals surface area contributed by atoms with Crippen LogP contribution < -0.4 is 4.90 Å². The molecule has 0 bridgehead atoms. The number of rotatable bonds is 2. The van der Waals surface area contributed by atoms with Gasteiger partial charge in [0.15, 0.2) is 0 Å². The van der Waals surface area contributed by atoms with Crippen LogP contribution in [0, 0.1) is 0 Å². The molecule has 3 heteroatoms. The lowest BCUT2D eigenvalue weighted by atomic mass is 9.66. The molecule has 0 aliphatic carbocycles. The lowest BCUT2D eigenvalue weighted by Gasteiger charge is -2.49. The van der Waals surface area contributed by atoms with E-state index in [9.17, 15) is 0 Å². The first kappa shape index (κ1) is 22.0. The van der Waals surface area contributed by atoms with Gasteiger partial charge in [-0.3, -0.25) is 9.97 Å². The first-order valence-electron chi connectivity index (χ1n) is 12.9. The minimum absolute atomic E-state index is 0.149. The van der Waals surface area contributed by atoms with E-state index in [1.807, 2.05) is 24.5 Å². The number of pyridine rings is 2. The van der Waals surface area contributed by atoms with Crippen molar-refractivity contribution in [2.45, 2.75) is 38.5 Å². The fraction of sp³-hybridized carbons (Fsp3) is 0.176. The summed E-state index contributed by atoms with van der Waals surface area (Å²) >= 11 is 0. The van der Waals surface area contributed by atoms with E-state index in [1.54, 1.807) is 0 Å². The summed E-state index contributed by atoms with van der Waals surface area (Å²) < 4.78 is 0. The van der Waals surface area contributed by atoms with Gasteiger partial charge in [0, 0.05) is 34.4 Å². The Bertz CT molecular complexity index is 1550. The van der Waals surface area contributed by atoms with Crippen LogP contribution in [-0.2, 0) is 10.8 Å². The standard InChI is InChI=1S/C34H29N3/c1-33(2)24-10-9-11-25-32(24)37(30-16-14-22(20-26(30)33)28-12-5-7-18-35-28)31-17-15-23(21-27(31)34(25,3)4)29-13-6-8-19-36-29/h5-21H,1-4H3. The van der Waals surface area contributed by atoms with Gasteiger partial charge in [-0.15, -0.1) is 0 Å². The van der Waals surface area contributed by atoms with Gasteiger partial charge >= 0.3 is 0 Å². The van der Waals surface area contributed by atoms with E-state index in [0.717, 1.165) is 22.5 Å². The Morgan fingerprint density at radius 3 is 1.43 bits per heavy atom. The van der Waals surface area contributed by atoms with Crippen molar-refractivity contribution >= 4 is 17.1 Å². The Balaban J connectivity index is 1.50. The molecule has 2 aliphatic heterocycles. The Morgan fingerprint density at radius 1 is 0.514 bits per heavy atom. The first-order chi connectivity index (χ1) is 17.9. The molecule has 0 saturated heterocycles. The van der Waals surface area contributed by atoms with Crippen LogP contribution in [0.2, 0.25) is 0 Å². The molecule has 5 aromatic rings. The van der Waals surface area contributed by atoms with Gasteiger partial charge in [-0.05, 0) is 70.8 Å². The van der Waals surface area contributed by atoms with Crippen LogP contribution >= 0.6 is 0 Å². The second-order valence-electron chi connectivity index (χ2n) is 11.2. The Hall–Kier alpha value is -4.24. The summed E-state index contributed by atoms with van der Waals surface area (Å²) in [7, 11) is 0. The molecule has 0 unspecified atom stereocenters. The van der Waals surface area contributed by atoms with Crippen molar-refractivity contribution in [3.63, 3.8) is 0 Å². The number of para-hydroxylation sites is 1. The van der Waals surface area contributed by atoms with Crippen molar-refractivity contribution in [1.29, 1.82) is 0 Å². The van der Waals surface area contributed by atoms with Gasteiger partial charge in [-0.1, -0.05) is 70.2 Å². The lowest BCUT2D eigenvalue weighted by molar-refractivity contribution is 0.597. The van der Waals surface area contributed by atoms with Gasteiger partial charge in [-0.25, -0.2) is 0 Å². The second kappa shape index (κ2) is 7.63. The van der Waals surface area contributed by atoms with Crippen molar-refractivity contribution in [2.75, 3.05) is 4.90 Å². The van der Waals surface area contributed by atoms with Crippen LogP contribution in [0.5, 0.6) is 0 Å². The smallest absolute Gasteiger partial charge is 0.0702 e. The highest BCUT2D eigenvalue weighted by Crippen LogP contribution is 2.60. The molecule has 0 radical (unpaired) electrons. The zero-order valence-electron chi connectivity index (χ0n) is 21.7. The number of aromatic nitrogens is 2. The number of hydrogen-bond acceptors (Lipinski definition) is 3. The SMILES string of the molecule is CC1(C)c2cc(-c3ccccn3)ccc2N2c3ccc(-c4ccccn4)cc3C(C)(C)c3cccc1c32. The summed E-state index contributed by atoms with van der Waals surface area (Å²) in [5, 5.41) is 0. The number of fused-ring (bicyclic) bond motifs is 4. The summed E-state index contributed by atoms with van der Waals surface area (Å²) in [5.41, 5.74) is 13.2. The molecule has 0 fully saturated rings. The highest BCUT2D eigenvalue weighted by molar-refractivity contribution is 5.94. The zero-order chi connectivity index (χ0) is 25.4. The highest BCUT2D eigenvalue weighted by Gasteiger charge is 2.45. The van der Waals surface area contributed by atoms with Crippen molar-refractivity contribution < 1.29 is 0 Å². The van der Waals surface area contributed by atoms with Gasteiger partial charge in [0.05, 0.1) is 28.5 Å². The van der Waals surface area contributed by atoms with Crippen LogP contribution in [0.15, 0.2) is 103 Å². The maximum absolute atomic E-state index is 4.63. The monoisotopic (exact) mass is 479 g/mol. The largest absolute Gasteiger partial charge is 0.309 e. The number of anilines is 3. The summed E-state index contributed by atoms with van der Waals surface area (Å²) in [5.74, 6) is 0. The third-order valence-electron chi connectivity index (χ3n) is 8.35. The van der Waals surface area contributed by atoms with E-state index in [-0.39, 0.29) is 10.8 Å². The Morgan fingerprint density at radius 2 is 1.00 bits per heavy atom. The average molecular weight is 480 g/mol. The van der Waals surface area contributed by atoms with E-state index in [1.165, 1.54) is 39.3 Å². The number of hydrogen-bond donors (Lipinski definition) is 0. The third-order valence-corrected chi connectivity index (χ3v) is 8.35. The normalized spacial score (nSPS) is 15.9. The van der Waals surface area contributed by atoms with E-state index < -0.39 is 0 Å². The molecule has 7 rings (SSSR count). The summed E-state index contributed by atoms with van der Waals surface area (Å²) in [6.45, 7) is 9.42. The molecule has 4 heterocycles. The highest BCUT2D eigenvalue weighted by atomic mass is 15.2. The molecule has 2 aromatic heterocycles. The van der Waals surface area contributed by atoms with Crippen molar-refractivity contribution in [3.05, 3.63) is 126 Å². The molecule has 3 aromatic carbocycles. The number of nitrogens with zero attached hydrogens (tertiary/aromatic N) is 3. The summed E-state index contributed by atoms with van der Waals surface area (Å²) in [6, 6.07) is 32.8. The number of benzene rings is 3. The molecule has 2 aliphatic rings. The van der Waals surface area contributed by atoms with Crippen LogP contribution in [0.4, 0.5) is 17.1 Å². The minimum atomic E-state index is -0.149. The Kier molecular flexibility index (Phi) is 4.54. The maximum Gasteiger partial charge on any atom is 0.0702 e. The van der Waals surface area contributed by atoms with E-state index in [4.69, 9.17) is 0 Å². The van der Waals surface area contributed by atoms with Crippen LogP contribution in [0.3, 0.4) is 0 Å². The fourth-order valence-electron chi connectivity index (χ4n) is 6.30. The van der Waals surface area contributed by atoms with Crippen molar-refractivity contribution in [2.24, 2.45) is 0 Å². The van der Waals surface area contributed by atoms with Gasteiger partial charge in [0.2, 0.25) is 0 Å². The lowest BCUT2D eigenvalue weighted by Crippen LogP contribution is -2.38. The third kappa shape index (κ3) is 3.07. The maximum atomic E-state index is 4.63. The van der Waals surface area contributed by atoms with E-state index in [2.05, 4.69) is 121 Å². The van der Waals surface area contributed by atoms with Crippen LogP contribution in [0.1, 0.15) is 49.9 Å². The predicted molar refractivity (Wildman–Crippen MR) is 152 cm³/mol. The molecule has 0 saturated carbocycles. The van der Waals surface area contributed by atoms with Crippen molar-refractivity contribution in [1.82, 2.24) is 9.97 Å². The minimum Gasteiger partial charge on any atom is -0.309 e. The zero-order valence-corrected chi connectivity index (χ0v) is 21.7. The predicted octanol–water partition coefficient (Wildman–Crippen LogP) is 8.56. The Labute approximate surface area is 218 Å². The molecular weight excluding hydrogens is 450 g/mol. The molecule has 37 heavy (non-hydrogen) atoms. The van der Waals surface area contributed by atoms with E-state index in [0.29, 0.717) is 0 Å². The topological polar surface area (TPSA) is 29.0 Å². The molecule has 180 valence electrons. The molecule has 3 nitrogen and oxygen atoms in total. The van der Waals surface area contributed by atoms with E-state index >= 15 is 0 Å². The van der Waals surface area contributed by atoms with Gasteiger partial charge in [-0.2, -0.15) is 0 Å².